The van der Waals surface area contributed by atoms with Crippen molar-refractivity contribution in [2.45, 2.75) is 210 Å². The van der Waals surface area contributed by atoms with Gasteiger partial charge in [0.1, 0.15) is 66.8 Å². The Bertz CT molecular complexity index is 1680. The van der Waals surface area contributed by atoms with Crippen molar-refractivity contribution in [3.05, 3.63) is 11.6 Å². The number of aliphatic hydroxyl groups excluding tert-OH is 8. The number of rotatable bonds is 9. The lowest BCUT2D eigenvalue weighted by Crippen LogP contribution is -2.67. The molecule has 0 bridgehead atoms. The van der Waals surface area contributed by atoms with Crippen LogP contribution < -0.4 is 0 Å². The molecule has 63 heavy (non-hydrogen) atoms. The first-order valence-corrected chi connectivity index (χ1v) is 23.3. The summed E-state index contributed by atoms with van der Waals surface area (Å²) < 4.78 is 42.7. The van der Waals surface area contributed by atoms with Crippen LogP contribution in [0.3, 0.4) is 0 Å². The van der Waals surface area contributed by atoms with E-state index in [4.69, 9.17) is 33.2 Å². The minimum absolute atomic E-state index is 0.0544. The van der Waals surface area contributed by atoms with E-state index in [0.717, 1.165) is 44.1 Å². The van der Waals surface area contributed by atoms with Crippen molar-refractivity contribution >= 4 is 6.29 Å². The van der Waals surface area contributed by atoms with E-state index in [0.29, 0.717) is 19.3 Å². The minimum Gasteiger partial charge on any atom is -0.388 e. The van der Waals surface area contributed by atoms with Crippen LogP contribution in [0.4, 0.5) is 0 Å². The van der Waals surface area contributed by atoms with E-state index in [9.17, 15) is 50.8 Å². The van der Waals surface area contributed by atoms with Crippen LogP contribution in [0.1, 0.15) is 106 Å². The predicted octanol–water partition coefficient (Wildman–Crippen LogP) is 0.794. The Balaban J connectivity index is 1.04. The second kappa shape index (κ2) is 17.4. The largest absolute Gasteiger partial charge is 0.388 e. The number of ether oxygens (including phenoxy) is 7. The maximum absolute atomic E-state index is 13.9. The van der Waals surface area contributed by atoms with Crippen molar-refractivity contribution in [1.82, 2.24) is 0 Å². The molecule has 360 valence electrons. The van der Waals surface area contributed by atoms with Crippen LogP contribution in [-0.4, -0.2) is 169 Å². The highest BCUT2D eigenvalue weighted by Crippen LogP contribution is 2.76. The van der Waals surface area contributed by atoms with Gasteiger partial charge in [-0.2, -0.15) is 0 Å². The summed E-state index contributed by atoms with van der Waals surface area (Å²) in [4.78, 5) is 13.9. The van der Waals surface area contributed by atoms with Crippen LogP contribution in [-0.2, 0) is 38.0 Å². The van der Waals surface area contributed by atoms with Gasteiger partial charge in [0.05, 0.1) is 31.5 Å². The molecule has 8 rings (SSSR count). The molecule has 24 atom stereocenters. The first-order valence-electron chi connectivity index (χ1n) is 23.3. The van der Waals surface area contributed by atoms with Gasteiger partial charge in [0.2, 0.25) is 0 Å². The van der Waals surface area contributed by atoms with E-state index in [1.165, 1.54) is 13.2 Å². The van der Waals surface area contributed by atoms with Crippen LogP contribution in [0.15, 0.2) is 11.6 Å². The molecule has 0 spiro atoms. The Morgan fingerprint density at radius 3 is 1.98 bits per heavy atom. The number of fused-ring (bicyclic) bond motifs is 5. The second-order valence-corrected chi connectivity index (χ2v) is 21.9. The highest BCUT2D eigenvalue weighted by atomic mass is 16.8. The molecule has 0 amide bonds. The van der Waals surface area contributed by atoms with Crippen LogP contribution in [0.25, 0.3) is 0 Å². The average molecular weight is 899 g/mol. The Morgan fingerprint density at radius 2 is 1.29 bits per heavy atom. The summed E-state index contributed by atoms with van der Waals surface area (Å²) in [5.74, 6) is -0.0527. The molecule has 8 fully saturated rings. The van der Waals surface area contributed by atoms with E-state index >= 15 is 0 Å². The summed E-state index contributed by atoms with van der Waals surface area (Å²) in [6.07, 6.45) is -11.7. The third-order valence-corrected chi connectivity index (χ3v) is 18.1. The molecule has 0 unspecified atom stereocenters. The molecule has 4 heterocycles. The molecule has 4 saturated heterocycles. The van der Waals surface area contributed by atoms with Crippen molar-refractivity contribution in [2.75, 3.05) is 13.2 Å². The third-order valence-electron chi connectivity index (χ3n) is 18.1. The highest BCUT2D eigenvalue weighted by Gasteiger charge is 2.72. The van der Waals surface area contributed by atoms with E-state index in [-0.39, 0.29) is 53.8 Å². The predicted molar refractivity (Wildman–Crippen MR) is 220 cm³/mol. The van der Waals surface area contributed by atoms with Gasteiger partial charge >= 0.3 is 0 Å². The molecule has 8 aliphatic rings. The van der Waals surface area contributed by atoms with E-state index in [1.807, 2.05) is 19.9 Å². The van der Waals surface area contributed by atoms with Gasteiger partial charge in [-0.05, 0) is 112 Å². The maximum Gasteiger partial charge on any atom is 0.187 e. The third kappa shape index (κ3) is 7.73. The zero-order chi connectivity index (χ0) is 45.8. The zero-order valence-corrected chi connectivity index (χ0v) is 37.8. The second-order valence-electron chi connectivity index (χ2n) is 21.9. The summed E-state index contributed by atoms with van der Waals surface area (Å²) in [5.41, 5.74) is -2.02. The molecule has 17 heteroatoms. The molecule has 0 aromatic heterocycles. The fourth-order valence-corrected chi connectivity index (χ4v) is 14.5. The molecular formula is C46H74O17. The summed E-state index contributed by atoms with van der Waals surface area (Å²) >= 11 is 0. The first kappa shape index (κ1) is 48.2. The van der Waals surface area contributed by atoms with Crippen LogP contribution in [0.2, 0.25) is 0 Å². The van der Waals surface area contributed by atoms with Gasteiger partial charge in [-0.3, -0.25) is 0 Å². The van der Waals surface area contributed by atoms with Crippen molar-refractivity contribution in [2.24, 2.45) is 45.3 Å². The summed E-state index contributed by atoms with van der Waals surface area (Å²) in [7, 11) is 0. The number of hydrogen-bond donors (Lipinski definition) is 9. The lowest BCUT2D eigenvalue weighted by molar-refractivity contribution is -0.383. The Hall–Kier alpha value is -1.23. The van der Waals surface area contributed by atoms with Crippen LogP contribution in [0, 0.1) is 45.3 Å². The highest BCUT2D eigenvalue weighted by molar-refractivity contribution is 5.62. The normalized spacial score (nSPS) is 55.6. The quantitative estimate of drug-likeness (QED) is 0.0881. The standard InChI is InChI=1S/C46H74O17/c1-21(2)16-23-17-46(56,41(55)60-23)25-10-13-43(6)24(25)8-9-29-44(43,7)14-11-28-42(4,5)30(12-15-45(28,29)20-47)61-40-37(63-39-35(54)33(52)31(50)22(3)59-39)36(27(49)19-58-40)62-38-34(53)32(51)26(48)18-57-38/h16,20,22-41,48-56H,8-15,17-19H2,1-7H3/t22-,23-,24-,25-,26+,27+,28-,29-,30-,31+,32+,33+,34+,35+,36+,37+,38+,39+,40+,41+,43+,44+,45+,46-/m1/s1. The zero-order valence-electron chi connectivity index (χ0n) is 37.8. The molecular weight excluding hydrogens is 824 g/mol. The summed E-state index contributed by atoms with van der Waals surface area (Å²) in [6.45, 7) is 13.7. The minimum atomic E-state index is -1.73. The molecule has 0 radical (unpaired) electrons. The fraction of sp³-hybridized carbons (Fsp3) is 0.935. The smallest absolute Gasteiger partial charge is 0.187 e. The number of hydrogen-bond acceptors (Lipinski definition) is 17. The monoisotopic (exact) mass is 898 g/mol. The summed E-state index contributed by atoms with van der Waals surface area (Å²) in [5, 5.41) is 98.1. The fourth-order valence-electron chi connectivity index (χ4n) is 14.5. The molecule has 0 aromatic rings. The van der Waals surface area contributed by atoms with Crippen molar-refractivity contribution in [1.29, 1.82) is 0 Å². The first-order chi connectivity index (χ1) is 29.5. The van der Waals surface area contributed by atoms with Gasteiger partial charge in [-0.25, -0.2) is 0 Å². The van der Waals surface area contributed by atoms with Gasteiger partial charge in [-0.15, -0.1) is 0 Å². The molecule has 4 aliphatic carbocycles. The maximum atomic E-state index is 13.9. The SMILES string of the molecule is CC(C)=C[C@@H]1C[C@@](O)([C@@H]2CC[C@@]3(C)[C@@H]2CC[C@H]2[C@]4(C=O)CC[C@@H](O[C@@H]5OC[C@H](O)[C@H](O[C@@H]6OC[C@H](O)[C@H](O)[C@@H]6O)[C@@H]5O[C@@H]5O[C@H](C)[C@H](O)[C@H](O)[C@@H]5O)C(C)(C)[C@H]4CC[C@@]23C)[C@@H](O)O1. The molecule has 9 N–H and O–H groups in total. The van der Waals surface area contributed by atoms with Crippen LogP contribution >= 0.6 is 0 Å². The number of allylic oxidation sites excluding steroid dienone is 1. The Labute approximate surface area is 370 Å². The van der Waals surface area contributed by atoms with Gasteiger partial charge in [0.15, 0.2) is 25.2 Å². The molecule has 17 nitrogen and oxygen atoms in total. The average Bonchev–Trinajstić information content (AvgIpc) is 3.73. The van der Waals surface area contributed by atoms with Gasteiger partial charge in [-0.1, -0.05) is 39.3 Å². The molecule has 4 aliphatic heterocycles. The van der Waals surface area contributed by atoms with E-state index in [2.05, 4.69) is 27.7 Å². The van der Waals surface area contributed by atoms with E-state index in [1.54, 1.807) is 0 Å². The van der Waals surface area contributed by atoms with Gasteiger partial charge < -0.3 is 83.9 Å². The molecule has 0 aromatic carbocycles. The summed E-state index contributed by atoms with van der Waals surface area (Å²) in [6, 6.07) is 0. The van der Waals surface area contributed by atoms with Gasteiger partial charge in [0, 0.05) is 11.8 Å². The number of aliphatic hydroxyl groups is 9. The van der Waals surface area contributed by atoms with E-state index < -0.39 is 109 Å². The Kier molecular flexibility index (Phi) is 13.3. The molecule has 4 saturated carbocycles. The van der Waals surface area contributed by atoms with Crippen molar-refractivity contribution in [3.8, 4) is 0 Å². The number of aldehydes is 1. The Morgan fingerprint density at radius 1 is 0.635 bits per heavy atom. The lowest BCUT2D eigenvalue weighted by atomic mass is 9.35. The van der Waals surface area contributed by atoms with Crippen LogP contribution in [0.5, 0.6) is 0 Å². The number of carbonyl (C=O) groups is 1. The van der Waals surface area contributed by atoms with Gasteiger partial charge in [0.25, 0.3) is 0 Å². The topological polar surface area (TPSA) is 264 Å². The lowest BCUT2D eigenvalue weighted by Gasteiger charge is -2.69. The van der Waals surface area contributed by atoms with Crippen molar-refractivity contribution in [3.63, 3.8) is 0 Å². The van der Waals surface area contributed by atoms with Crippen molar-refractivity contribution < 1.29 is 83.9 Å². The number of carbonyl (C=O) groups excluding carboxylic acids is 1.